The molecule has 0 unspecified atom stereocenters. The van der Waals surface area contributed by atoms with E-state index in [4.69, 9.17) is 34.8 Å². The third-order valence-electron chi connectivity index (χ3n) is 2.69. The normalized spacial score (nSPS) is 11.1. The zero-order valence-electron chi connectivity index (χ0n) is 9.05. The number of benzene rings is 1. The number of hydrogen-bond donors (Lipinski definition) is 1. The second kappa shape index (κ2) is 4.47. The van der Waals surface area contributed by atoms with Gasteiger partial charge in [-0.3, -0.25) is 4.98 Å². The van der Waals surface area contributed by atoms with Gasteiger partial charge < -0.3 is 4.98 Å². The minimum absolute atomic E-state index is 0.514. The lowest BCUT2D eigenvalue weighted by Gasteiger charge is -2.07. The molecule has 0 aliphatic carbocycles. The van der Waals surface area contributed by atoms with E-state index in [1.165, 1.54) is 0 Å². The quantitative estimate of drug-likeness (QED) is 0.658. The first-order chi connectivity index (χ1) is 8.65. The van der Waals surface area contributed by atoms with Crippen molar-refractivity contribution in [3.63, 3.8) is 0 Å². The molecule has 3 rings (SSSR count). The SMILES string of the molecule is Clc1cc(Cl)c(-c2cnc3cc[nH]c3c2)c(Cl)c1. The van der Waals surface area contributed by atoms with Crippen LogP contribution < -0.4 is 0 Å². The van der Waals surface area contributed by atoms with Gasteiger partial charge in [0, 0.05) is 28.5 Å². The van der Waals surface area contributed by atoms with Crippen LogP contribution in [0, 0.1) is 0 Å². The Morgan fingerprint density at radius 2 is 1.72 bits per heavy atom. The fourth-order valence-corrected chi connectivity index (χ4v) is 2.92. The molecule has 0 aliphatic rings. The van der Waals surface area contributed by atoms with Crippen LogP contribution in [0.5, 0.6) is 0 Å². The lowest BCUT2D eigenvalue weighted by atomic mass is 10.1. The summed E-state index contributed by atoms with van der Waals surface area (Å²) in [5.41, 5.74) is 3.44. The number of pyridine rings is 1. The van der Waals surface area contributed by atoms with E-state index in [1.54, 1.807) is 18.3 Å². The summed E-state index contributed by atoms with van der Waals surface area (Å²) >= 11 is 18.3. The maximum atomic E-state index is 6.19. The van der Waals surface area contributed by atoms with Gasteiger partial charge in [-0.05, 0) is 24.3 Å². The number of aromatic nitrogens is 2. The van der Waals surface area contributed by atoms with Crippen LogP contribution in [0.4, 0.5) is 0 Å². The zero-order valence-corrected chi connectivity index (χ0v) is 11.3. The van der Waals surface area contributed by atoms with Crippen LogP contribution in [0.2, 0.25) is 15.1 Å². The first kappa shape index (κ1) is 11.8. The molecule has 2 heterocycles. The molecule has 90 valence electrons. The van der Waals surface area contributed by atoms with Crippen molar-refractivity contribution in [3.05, 3.63) is 51.7 Å². The number of halogens is 3. The first-order valence-electron chi connectivity index (χ1n) is 5.23. The maximum absolute atomic E-state index is 6.19. The lowest BCUT2D eigenvalue weighted by molar-refractivity contribution is 1.40. The van der Waals surface area contributed by atoms with E-state index in [1.807, 2.05) is 18.3 Å². The standard InChI is InChI=1S/C13H7Cl3N2/c14-8-4-9(15)13(10(16)5-8)7-3-12-11(18-6-7)1-2-17-12/h1-6,17H. The van der Waals surface area contributed by atoms with Gasteiger partial charge in [0.15, 0.2) is 0 Å². The molecule has 0 radical (unpaired) electrons. The van der Waals surface area contributed by atoms with Gasteiger partial charge in [0.2, 0.25) is 0 Å². The van der Waals surface area contributed by atoms with Crippen molar-refractivity contribution in [2.75, 3.05) is 0 Å². The monoisotopic (exact) mass is 296 g/mol. The Hall–Kier alpha value is -1.22. The number of hydrogen-bond acceptors (Lipinski definition) is 1. The first-order valence-corrected chi connectivity index (χ1v) is 6.36. The van der Waals surface area contributed by atoms with E-state index < -0.39 is 0 Å². The number of rotatable bonds is 1. The zero-order chi connectivity index (χ0) is 12.7. The van der Waals surface area contributed by atoms with Crippen LogP contribution in [0.25, 0.3) is 22.2 Å². The minimum Gasteiger partial charge on any atom is -0.360 e. The van der Waals surface area contributed by atoms with E-state index in [0.29, 0.717) is 15.1 Å². The highest BCUT2D eigenvalue weighted by Gasteiger charge is 2.11. The van der Waals surface area contributed by atoms with Gasteiger partial charge in [0.25, 0.3) is 0 Å². The second-order valence-corrected chi connectivity index (χ2v) is 5.13. The Kier molecular flexibility index (Phi) is 2.94. The van der Waals surface area contributed by atoms with Crippen LogP contribution >= 0.6 is 34.8 Å². The Morgan fingerprint density at radius 1 is 1.00 bits per heavy atom. The van der Waals surface area contributed by atoms with E-state index in [0.717, 1.165) is 22.2 Å². The fraction of sp³-hybridized carbons (Fsp3) is 0. The Balaban J connectivity index is 2.25. The summed E-state index contributed by atoms with van der Waals surface area (Å²) in [6.07, 6.45) is 3.59. The summed E-state index contributed by atoms with van der Waals surface area (Å²) in [4.78, 5) is 7.45. The summed E-state index contributed by atoms with van der Waals surface area (Å²) in [7, 11) is 0. The smallest absolute Gasteiger partial charge is 0.0879 e. The highest BCUT2D eigenvalue weighted by molar-refractivity contribution is 6.41. The molecule has 1 N–H and O–H groups in total. The molecule has 2 nitrogen and oxygen atoms in total. The van der Waals surface area contributed by atoms with Gasteiger partial charge in [-0.25, -0.2) is 0 Å². The van der Waals surface area contributed by atoms with Gasteiger partial charge in [0.1, 0.15) is 0 Å². The van der Waals surface area contributed by atoms with Crippen LogP contribution in [0.1, 0.15) is 0 Å². The van der Waals surface area contributed by atoms with Gasteiger partial charge in [-0.15, -0.1) is 0 Å². The van der Waals surface area contributed by atoms with E-state index in [-0.39, 0.29) is 0 Å². The fourth-order valence-electron chi connectivity index (χ4n) is 1.89. The van der Waals surface area contributed by atoms with Crippen LogP contribution in [0.3, 0.4) is 0 Å². The maximum Gasteiger partial charge on any atom is 0.0879 e. The predicted octanol–water partition coefficient (Wildman–Crippen LogP) is 5.19. The molecule has 0 amide bonds. The molecular formula is C13H7Cl3N2. The molecular weight excluding hydrogens is 291 g/mol. The highest BCUT2D eigenvalue weighted by atomic mass is 35.5. The summed E-state index contributed by atoms with van der Waals surface area (Å²) < 4.78 is 0. The number of aromatic amines is 1. The van der Waals surface area contributed by atoms with Crippen LogP contribution in [0.15, 0.2) is 36.7 Å². The van der Waals surface area contributed by atoms with Crippen molar-refractivity contribution in [1.82, 2.24) is 9.97 Å². The summed E-state index contributed by atoms with van der Waals surface area (Å²) in [5.74, 6) is 0. The summed E-state index contributed by atoms with van der Waals surface area (Å²) in [6.45, 7) is 0. The van der Waals surface area contributed by atoms with Crippen molar-refractivity contribution >= 4 is 45.8 Å². The van der Waals surface area contributed by atoms with Gasteiger partial charge in [-0.1, -0.05) is 34.8 Å². The average molecular weight is 298 g/mol. The average Bonchev–Trinajstić information content (AvgIpc) is 2.74. The molecule has 2 aromatic heterocycles. The minimum atomic E-state index is 0.514. The van der Waals surface area contributed by atoms with Gasteiger partial charge in [-0.2, -0.15) is 0 Å². The largest absolute Gasteiger partial charge is 0.360 e. The van der Waals surface area contributed by atoms with Gasteiger partial charge >= 0.3 is 0 Å². The summed E-state index contributed by atoms with van der Waals surface area (Å²) in [6, 6.07) is 7.21. The molecule has 0 aliphatic heterocycles. The molecule has 1 aromatic carbocycles. The van der Waals surface area contributed by atoms with Crippen molar-refractivity contribution in [3.8, 4) is 11.1 Å². The molecule has 0 atom stereocenters. The van der Waals surface area contributed by atoms with E-state index >= 15 is 0 Å². The molecule has 0 saturated carbocycles. The number of nitrogens with one attached hydrogen (secondary N) is 1. The van der Waals surface area contributed by atoms with Crippen molar-refractivity contribution in [1.29, 1.82) is 0 Å². The molecule has 0 fully saturated rings. The van der Waals surface area contributed by atoms with Gasteiger partial charge in [0.05, 0.1) is 21.1 Å². The Labute approximate surface area is 119 Å². The molecule has 0 saturated heterocycles. The molecule has 0 bridgehead atoms. The number of nitrogens with zero attached hydrogens (tertiary/aromatic N) is 1. The molecule has 5 heteroatoms. The number of fused-ring (bicyclic) bond motifs is 1. The van der Waals surface area contributed by atoms with Crippen LogP contribution in [-0.4, -0.2) is 9.97 Å². The Bertz CT molecular complexity index is 711. The number of H-pyrrole nitrogens is 1. The molecule has 3 aromatic rings. The van der Waals surface area contributed by atoms with Crippen molar-refractivity contribution < 1.29 is 0 Å². The highest BCUT2D eigenvalue weighted by Crippen LogP contribution is 2.37. The van der Waals surface area contributed by atoms with E-state index in [9.17, 15) is 0 Å². The topological polar surface area (TPSA) is 28.7 Å². The predicted molar refractivity (Wildman–Crippen MR) is 76.6 cm³/mol. The third kappa shape index (κ3) is 1.97. The van der Waals surface area contributed by atoms with Crippen molar-refractivity contribution in [2.24, 2.45) is 0 Å². The van der Waals surface area contributed by atoms with E-state index in [2.05, 4.69) is 9.97 Å². The molecule has 0 spiro atoms. The summed E-state index contributed by atoms with van der Waals surface area (Å²) in [5, 5.41) is 1.54. The van der Waals surface area contributed by atoms with Crippen LogP contribution in [-0.2, 0) is 0 Å². The lowest BCUT2D eigenvalue weighted by Crippen LogP contribution is -1.85. The third-order valence-corrected chi connectivity index (χ3v) is 3.51. The second-order valence-electron chi connectivity index (χ2n) is 3.88. The Morgan fingerprint density at radius 3 is 2.44 bits per heavy atom. The molecule has 18 heavy (non-hydrogen) atoms. The van der Waals surface area contributed by atoms with Crippen molar-refractivity contribution in [2.45, 2.75) is 0 Å².